The van der Waals surface area contributed by atoms with Crippen molar-refractivity contribution in [2.75, 3.05) is 5.32 Å². The van der Waals surface area contributed by atoms with Crippen LogP contribution in [0.5, 0.6) is 0 Å². The first-order valence-electron chi connectivity index (χ1n) is 7.01. The second kappa shape index (κ2) is 6.00. The molecule has 3 rings (SSSR count). The summed E-state index contributed by atoms with van der Waals surface area (Å²) in [6, 6.07) is 13.9. The molecular formula is C17H17BrN2O. The fourth-order valence-electron chi connectivity index (χ4n) is 2.60. The predicted octanol–water partition coefficient (Wildman–Crippen LogP) is 3.41. The molecule has 1 aliphatic heterocycles. The molecule has 2 aromatic carbocycles. The molecule has 0 radical (unpaired) electrons. The van der Waals surface area contributed by atoms with Crippen molar-refractivity contribution in [1.29, 1.82) is 0 Å². The highest BCUT2D eigenvalue weighted by Crippen LogP contribution is 2.26. The second-order valence-corrected chi connectivity index (χ2v) is 6.13. The molecular weight excluding hydrogens is 328 g/mol. The van der Waals surface area contributed by atoms with Crippen LogP contribution in [0.3, 0.4) is 0 Å². The van der Waals surface area contributed by atoms with Crippen molar-refractivity contribution in [2.45, 2.75) is 25.9 Å². The van der Waals surface area contributed by atoms with Gasteiger partial charge in [-0.1, -0.05) is 36.4 Å². The Bertz CT molecular complexity index is 684. The van der Waals surface area contributed by atoms with Gasteiger partial charge >= 0.3 is 0 Å². The number of hydrogen-bond donors (Lipinski definition) is 2. The van der Waals surface area contributed by atoms with Gasteiger partial charge in [0.05, 0.1) is 11.7 Å². The van der Waals surface area contributed by atoms with Crippen molar-refractivity contribution in [3.63, 3.8) is 0 Å². The maximum absolute atomic E-state index is 12.4. The van der Waals surface area contributed by atoms with E-state index in [0.29, 0.717) is 0 Å². The highest BCUT2D eigenvalue weighted by Gasteiger charge is 2.24. The molecule has 0 unspecified atom stereocenters. The quantitative estimate of drug-likeness (QED) is 0.876. The van der Waals surface area contributed by atoms with Crippen molar-refractivity contribution in [3.05, 3.63) is 63.6 Å². The first-order valence-corrected chi connectivity index (χ1v) is 7.80. The average molecular weight is 345 g/mol. The summed E-state index contributed by atoms with van der Waals surface area (Å²) < 4.78 is 0.939. The van der Waals surface area contributed by atoms with E-state index in [1.54, 1.807) is 0 Å². The normalized spacial score (nSPS) is 17.1. The molecule has 4 heteroatoms. The number of aryl methyl sites for hydroxylation is 1. The Balaban J connectivity index is 1.74. The third kappa shape index (κ3) is 3.01. The molecule has 0 aliphatic carbocycles. The van der Waals surface area contributed by atoms with Gasteiger partial charge in [-0.2, -0.15) is 0 Å². The zero-order chi connectivity index (χ0) is 14.8. The SMILES string of the molecule is Cc1cccc(NC(=O)[C@H]2Cc3ccccc3CN2)c1Br. The van der Waals surface area contributed by atoms with E-state index in [2.05, 4.69) is 38.7 Å². The topological polar surface area (TPSA) is 41.1 Å². The summed E-state index contributed by atoms with van der Waals surface area (Å²) in [5.74, 6) is 0.0100. The first-order chi connectivity index (χ1) is 10.1. The largest absolute Gasteiger partial charge is 0.324 e. The number of rotatable bonds is 2. The third-order valence-corrected chi connectivity index (χ3v) is 4.90. The average Bonchev–Trinajstić information content (AvgIpc) is 2.51. The molecule has 3 nitrogen and oxygen atoms in total. The van der Waals surface area contributed by atoms with Gasteiger partial charge in [0.2, 0.25) is 5.91 Å². The Morgan fingerprint density at radius 2 is 1.95 bits per heavy atom. The Hall–Kier alpha value is -1.65. The standard InChI is InChI=1S/C17H17BrN2O/c1-11-5-4-8-14(16(11)18)20-17(21)15-9-12-6-2-3-7-13(12)10-19-15/h2-8,15,19H,9-10H2,1H3,(H,20,21)/t15-/m1/s1. The van der Waals surface area contributed by atoms with Gasteiger partial charge in [-0.3, -0.25) is 4.79 Å². The molecule has 2 aromatic rings. The fraction of sp³-hybridized carbons (Fsp3) is 0.235. The minimum Gasteiger partial charge on any atom is -0.324 e. The first kappa shape index (κ1) is 14.3. The number of benzene rings is 2. The highest BCUT2D eigenvalue weighted by molar-refractivity contribution is 9.10. The maximum atomic E-state index is 12.4. The van der Waals surface area contributed by atoms with Gasteiger partial charge in [-0.25, -0.2) is 0 Å². The molecule has 0 spiro atoms. The summed E-state index contributed by atoms with van der Waals surface area (Å²) in [6.45, 7) is 2.75. The van der Waals surface area contributed by atoms with Gasteiger partial charge < -0.3 is 10.6 Å². The van der Waals surface area contributed by atoms with E-state index >= 15 is 0 Å². The summed E-state index contributed by atoms with van der Waals surface area (Å²) in [5.41, 5.74) is 4.45. The fourth-order valence-corrected chi connectivity index (χ4v) is 2.97. The molecule has 21 heavy (non-hydrogen) atoms. The molecule has 2 N–H and O–H groups in total. The predicted molar refractivity (Wildman–Crippen MR) is 88.3 cm³/mol. The number of halogens is 1. The highest BCUT2D eigenvalue weighted by atomic mass is 79.9. The van der Waals surface area contributed by atoms with E-state index in [4.69, 9.17) is 0 Å². The number of hydrogen-bond acceptors (Lipinski definition) is 2. The van der Waals surface area contributed by atoms with E-state index < -0.39 is 0 Å². The van der Waals surface area contributed by atoms with Crippen LogP contribution in [0, 0.1) is 6.92 Å². The molecule has 0 saturated carbocycles. The van der Waals surface area contributed by atoms with Crippen molar-refractivity contribution in [3.8, 4) is 0 Å². The van der Waals surface area contributed by atoms with Gasteiger partial charge in [-0.05, 0) is 52.0 Å². The summed E-state index contributed by atoms with van der Waals surface area (Å²) >= 11 is 3.52. The van der Waals surface area contributed by atoms with Crippen LogP contribution in [-0.2, 0) is 17.8 Å². The van der Waals surface area contributed by atoms with Gasteiger partial charge in [-0.15, -0.1) is 0 Å². The van der Waals surface area contributed by atoms with Crippen LogP contribution >= 0.6 is 15.9 Å². The monoisotopic (exact) mass is 344 g/mol. The van der Waals surface area contributed by atoms with Gasteiger partial charge in [0.25, 0.3) is 0 Å². The van der Waals surface area contributed by atoms with Crippen molar-refractivity contribution in [2.24, 2.45) is 0 Å². The van der Waals surface area contributed by atoms with Crippen molar-refractivity contribution < 1.29 is 4.79 Å². The molecule has 1 atom stereocenters. The number of carbonyl (C=O) groups excluding carboxylic acids is 1. The number of fused-ring (bicyclic) bond motifs is 1. The number of nitrogens with one attached hydrogen (secondary N) is 2. The van der Waals surface area contributed by atoms with Crippen LogP contribution in [0.15, 0.2) is 46.9 Å². The lowest BCUT2D eigenvalue weighted by molar-refractivity contribution is -0.118. The Morgan fingerprint density at radius 3 is 2.76 bits per heavy atom. The lowest BCUT2D eigenvalue weighted by Gasteiger charge is -2.25. The summed E-state index contributed by atoms with van der Waals surface area (Å²) in [4.78, 5) is 12.4. The molecule has 0 fully saturated rings. The minimum atomic E-state index is -0.188. The van der Waals surface area contributed by atoms with Crippen LogP contribution in [0.4, 0.5) is 5.69 Å². The molecule has 0 aromatic heterocycles. The van der Waals surface area contributed by atoms with Gasteiger partial charge in [0, 0.05) is 11.0 Å². The van der Waals surface area contributed by atoms with E-state index in [-0.39, 0.29) is 11.9 Å². The van der Waals surface area contributed by atoms with E-state index in [1.165, 1.54) is 11.1 Å². The number of amides is 1. The van der Waals surface area contributed by atoms with Crippen LogP contribution in [0.25, 0.3) is 0 Å². The Kier molecular flexibility index (Phi) is 4.08. The smallest absolute Gasteiger partial charge is 0.241 e. The van der Waals surface area contributed by atoms with E-state index in [1.807, 2.05) is 37.3 Å². The number of carbonyl (C=O) groups is 1. The van der Waals surface area contributed by atoms with Crippen molar-refractivity contribution in [1.82, 2.24) is 5.32 Å². The van der Waals surface area contributed by atoms with E-state index in [9.17, 15) is 4.79 Å². The van der Waals surface area contributed by atoms with Gasteiger partial charge in [0.15, 0.2) is 0 Å². The maximum Gasteiger partial charge on any atom is 0.241 e. The van der Waals surface area contributed by atoms with Crippen LogP contribution in [0.2, 0.25) is 0 Å². The number of anilines is 1. The molecule has 1 amide bonds. The van der Waals surface area contributed by atoms with Crippen LogP contribution in [0.1, 0.15) is 16.7 Å². The van der Waals surface area contributed by atoms with Crippen LogP contribution in [-0.4, -0.2) is 11.9 Å². The van der Waals surface area contributed by atoms with Crippen molar-refractivity contribution >= 4 is 27.5 Å². The molecule has 108 valence electrons. The van der Waals surface area contributed by atoms with E-state index in [0.717, 1.165) is 28.7 Å². The third-order valence-electron chi connectivity index (χ3n) is 3.85. The summed E-state index contributed by atoms with van der Waals surface area (Å²) in [5, 5.41) is 6.31. The van der Waals surface area contributed by atoms with Gasteiger partial charge in [0.1, 0.15) is 0 Å². The summed E-state index contributed by atoms with van der Waals surface area (Å²) in [7, 11) is 0. The molecule has 0 bridgehead atoms. The lowest BCUT2D eigenvalue weighted by atomic mass is 9.95. The second-order valence-electron chi connectivity index (χ2n) is 5.33. The zero-order valence-electron chi connectivity index (χ0n) is 11.8. The summed E-state index contributed by atoms with van der Waals surface area (Å²) in [6.07, 6.45) is 0.728. The molecule has 0 saturated heterocycles. The minimum absolute atomic E-state index is 0.0100. The lowest BCUT2D eigenvalue weighted by Crippen LogP contribution is -2.44. The molecule has 1 aliphatic rings. The zero-order valence-corrected chi connectivity index (χ0v) is 13.4. The Labute approximate surface area is 132 Å². The van der Waals surface area contributed by atoms with Crippen LogP contribution < -0.4 is 10.6 Å². The Morgan fingerprint density at radius 1 is 1.19 bits per heavy atom. The molecule has 1 heterocycles.